The third-order valence-corrected chi connectivity index (χ3v) is 3.99. The second-order valence-corrected chi connectivity index (χ2v) is 5.78. The molecule has 1 aliphatic rings. The molecule has 0 aliphatic carbocycles. The first kappa shape index (κ1) is 15.8. The van der Waals surface area contributed by atoms with E-state index >= 15 is 0 Å². The summed E-state index contributed by atoms with van der Waals surface area (Å²) in [5.74, 6) is 0.897. The number of rotatable bonds is 4. The average Bonchev–Trinajstić information content (AvgIpc) is 2.53. The average molecular weight is 292 g/mol. The number of methoxy groups -OCH3 is 1. The van der Waals surface area contributed by atoms with Crippen LogP contribution in [0.15, 0.2) is 18.3 Å². The third kappa shape index (κ3) is 3.53. The Bertz CT molecular complexity index is 473. The second kappa shape index (κ2) is 6.89. The molecule has 1 aromatic rings. The van der Waals surface area contributed by atoms with Gasteiger partial charge in [0.15, 0.2) is 0 Å². The standard InChI is InChI=1S/C16H24N2O3/c1-11(2)15-13(6-5-9-21-15)16(19)18(3)12-7-8-14(20-4)17-10-12/h7-8,10-11,13,15H,5-6,9H2,1-4H3/t13-,15-/m1/s1. The number of hydrogen-bond acceptors (Lipinski definition) is 4. The lowest BCUT2D eigenvalue weighted by molar-refractivity contribution is -0.134. The zero-order valence-corrected chi connectivity index (χ0v) is 13.2. The van der Waals surface area contributed by atoms with Crippen LogP contribution in [0, 0.1) is 11.8 Å². The van der Waals surface area contributed by atoms with E-state index in [1.54, 1.807) is 31.3 Å². The van der Waals surface area contributed by atoms with Crippen LogP contribution in [0.25, 0.3) is 0 Å². The van der Waals surface area contributed by atoms with Gasteiger partial charge in [-0.05, 0) is 24.8 Å². The number of nitrogens with zero attached hydrogens (tertiary/aromatic N) is 2. The molecule has 5 heteroatoms. The lowest BCUT2D eigenvalue weighted by atomic mass is 9.86. The van der Waals surface area contributed by atoms with E-state index in [0.717, 1.165) is 25.1 Å². The molecule has 1 aliphatic heterocycles. The fourth-order valence-corrected chi connectivity index (χ4v) is 2.79. The number of aromatic nitrogens is 1. The van der Waals surface area contributed by atoms with Crippen molar-refractivity contribution < 1.29 is 14.3 Å². The van der Waals surface area contributed by atoms with Crippen molar-refractivity contribution in [2.45, 2.75) is 32.8 Å². The SMILES string of the molecule is COc1ccc(N(C)C(=O)[C@@H]2CCCO[C@@H]2C(C)C)cn1. The van der Waals surface area contributed by atoms with Crippen molar-refractivity contribution in [2.24, 2.45) is 11.8 Å². The van der Waals surface area contributed by atoms with E-state index < -0.39 is 0 Å². The fourth-order valence-electron chi connectivity index (χ4n) is 2.79. The first-order valence-electron chi connectivity index (χ1n) is 7.43. The molecule has 0 saturated carbocycles. The molecule has 1 fully saturated rings. The predicted molar refractivity (Wildman–Crippen MR) is 81.5 cm³/mol. The monoisotopic (exact) mass is 292 g/mol. The molecule has 0 spiro atoms. The largest absolute Gasteiger partial charge is 0.481 e. The number of hydrogen-bond donors (Lipinski definition) is 0. The van der Waals surface area contributed by atoms with Crippen LogP contribution in [0.1, 0.15) is 26.7 Å². The maximum absolute atomic E-state index is 12.8. The van der Waals surface area contributed by atoms with Gasteiger partial charge >= 0.3 is 0 Å². The molecular weight excluding hydrogens is 268 g/mol. The molecule has 0 N–H and O–H groups in total. The maximum atomic E-state index is 12.8. The first-order valence-corrected chi connectivity index (χ1v) is 7.43. The topological polar surface area (TPSA) is 51.7 Å². The molecule has 0 bridgehead atoms. The van der Waals surface area contributed by atoms with Crippen LogP contribution < -0.4 is 9.64 Å². The molecule has 0 radical (unpaired) electrons. The number of carbonyl (C=O) groups excluding carboxylic acids is 1. The Labute approximate surface area is 126 Å². The van der Waals surface area contributed by atoms with Crippen molar-refractivity contribution in [3.8, 4) is 5.88 Å². The summed E-state index contributed by atoms with van der Waals surface area (Å²) >= 11 is 0. The van der Waals surface area contributed by atoms with Crippen LogP contribution in [-0.4, -0.2) is 37.8 Å². The van der Waals surface area contributed by atoms with Gasteiger partial charge in [-0.3, -0.25) is 4.79 Å². The Balaban J connectivity index is 2.12. The van der Waals surface area contributed by atoms with E-state index in [1.165, 1.54) is 0 Å². The summed E-state index contributed by atoms with van der Waals surface area (Å²) in [6.45, 7) is 4.96. The van der Waals surface area contributed by atoms with Crippen LogP contribution in [0.2, 0.25) is 0 Å². The summed E-state index contributed by atoms with van der Waals surface area (Å²) in [5, 5.41) is 0. The minimum Gasteiger partial charge on any atom is -0.481 e. The van der Waals surface area contributed by atoms with E-state index in [4.69, 9.17) is 9.47 Å². The minimum absolute atomic E-state index is 0.0000856. The van der Waals surface area contributed by atoms with Crippen LogP contribution in [0.4, 0.5) is 5.69 Å². The number of pyridine rings is 1. The molecule has 1 saturated heterocycles. The molecule has 2 atom stereocenters. The highest BCUT2D eigenvalue weighted by atomic mass is 16.5. The maximum Gasteiger partial charge on any atom is 0.232 e. The number of amides is 1. The highest BCUT2D eigenvalue weighted by Gasteiger charge is 2.35. The van der Waals surface area contributed by atoms with Crippen molar-refractivity contribution in [1.82, 2.24) is 4.98 Å². The Morgan fingerprint density at radius 2 is 2.24 bits per heavy atom. The molecule has 2 rings (SSSR count). The van der Waals surface area contributed by atoms with Gasteiger partial charge in [-0.15, -0.1) is 0 Å². The number of carbonyl (C=O) groups is 1. The quantitative estimate of drug-likeness (QED) is 0.855. The molecule has 0 aromatic carbocycles. The van der Waals surface area contributed by atoms with Gasteiger partial charge in [0.05, 0.1) is 31.0 Å². The third-order valence-electron chi connectivity index (χ3n) is 3.99. The zero-order valence-electron chi connectivity index (χ0n) is 13.2. The summed E-state index contributed by atoms with van der Waals surface area (Å²) in [6.07, 6.45) is 3.48. The van der Waals surface area contributed by atoms with Gasteiger partial charge < -0.3 is 14.4 Å². The minimum atomic E-state index is -0.0779. The molecule has 1 aromatic heterocycles. The Morgan fingerprint density at radius 1 is 1.48 bits per heavy atom. The van der Waals surface area contributed by atoms with Crippen molar-refractivity contribution in [2.75, 3.05) is 25.7 Å². The van der Waals surface area contributed by atoms with E-state index in [0.29, 0.717) is 11.8 Å². The zero-order chi connectivity index (χ0) is 15.4. The second-order valence-electron chi connectivity index (χ2n) is 5.78. The summed E-state index contributed by atoms with van der Waals surface area (Å²) < 4.78 is 10.9. The van der Waals surface area contributed by atoms with Gasteiger partial charge in [0.1, 0.15) is 0 Å². The summed E-state index contributed by atoms with van der Waals surface area (Å²) in [5.41, 5.74) is 0.772. The van der Waals surface area contributed by atoms with Crippen molar-refractivity contribution in [3.05, 3.63) is 18.3 Å². The van der Waals surface area contributed by atoms with Crippen molar-refractivity contribution in [3.63, 3.8) is 0 Å². The summed E-state index contributed by atoms with van der Waals surface area (Å²) in [6, 6.07) is 3.61. The van der Waals surface area contributed by atoms with Gasteiger partial charge in [-0.2, -0.15) is 0 Å². The van der Waals surface area contributed by atoms with Crippen LogP contribution in [-0.2, 0) is 9.53 Å². The predicted octanol–water partition coefficient (Wildman–Crippen LogP) is 2.50. The van der Waals surface area contributed by atoms with Gasteiger partial charge in [0, 0.05) is 19.7 Å². The van der Waals surface area contributed by atoms with Crippen LogP contribution in [0.5, 0.6) is 5.88 Å². The lowest BCUT2D eigenvalue weighted by Gasteiger charge is -2.35. The molecule has 0 unspecified atom stereocenters. The molecule has 2 heterocycles. The summed E-state index contributed by atoms with van der Waals surface area (Å²) in [4.78, 5) is 18.6. The van der Waals surface area contributed by atoms with E-state index in [-0.39, 0.29) is 17.9 Å². The summed E-state index contributed by atoms with van der Waals surface area (Å²) in [7, 11) is 3.36. The van der Waals surface area contributed by atoms with Crippen LogP contribution >= 0.6 is 0 Å². The molecule has 116 valence electrons. The molecule has 1 amide bonds. The normalized spacial score (nSPS) is 22.1. The van der Waals surface area contributed by atoms with Gasteiger partial charge in [0.2, 0.25) is 11.8 Å². The van der Waals surface area contributed by atoms with E-state index in [1.807, 2.05) is 6.07 Å². The fraction of sp³-hybridized carbons (Fsp3) is 0.625. The highest BCUT2D eigenvalue weighted by Crippen LogP contribution is 2.29. The van der Waals surface area contributed by atoms with E-state index in [2.05, 4.69) is 18.8 Å². The van der Waals surface area contributed by atoms with Gasteiger partial charge in [0.25, 0.3) is 0 Å². The van der Waals surface area contributed by atoms with Crippen LogP contribution in [0.3, 0.4) is 0 Å². The molecular formula is C16H24N2O3. The first-order chi connectivity index (χ1) is 10.0. The molecule has 5 nitrogen and oxygen atoms in total. The smallest absolute Gasteiger partial charge is 0.232 e. The highest BCUT2D eigenvalue weighted by molar-refractivity contribution is 5.94. The van der Waals surface area contributed by atoms with Gasteiger partial charge in [-0.25, -0.2) is 4.98 Å². The van der Waals surface area contributed by atoms with Crippen molar-refractivity contribution >= 4 is 11.6 Å². The Kier molecular flexibility index (Phi) is 5.17. The van der Waals surface area contributed by atoms with Crippen molar-refractivity contribution in [1.29, 1.82) is 0 Å². The lowest BCUT2D eigenvalue weighted by Crippen LogP contribution is -2.44. The number of anilines is 1. The number of ether oxygens (including phenoxy) is 2. The molecule has 21 heavy (non-hydrogen) atoms. The Morgan fingerprint density at radius 3 is 2.81 bits per heavy atom. The van der Waals surface area contributed by atoms with E-state index in [9.17, 15) is 4.79 Å². The Hall–Kier alpha value is -1.62. The van der Waals surface area contributed by atoms with Gasteiger partial charge in [-0.1, -0.05) is 13.8 Å².